The summed E-state index contributed by atoms with van der Waals surface area (Å²) in [4.78, 5) is 22.6. The number of hydrogen-bond acceptors (Lipinski definition) is 4. The number of hydrogen-bond donors (Lipinski definition) is 3. The standard InChI is InChI=1S/C12H19N3O2/c1-2-7-13-8-3-4-9(8)14-10-5-6-11(16)15-12(10)17/h3,9-10,13-14H,2,4-7H2,1H3,(H,15,16,17)/t9-,10+/m0/s1. The number of imide groups is 1. The second-order valence-electron chi connectivity index (χ2n) is 4.54. The quantitative estimate of drug-likeness (QED) is 0.590. The minimum absolute atomic E-state index is 0.165. The van der Waals surface area contributed by atoms with Crippen LogP contribution in [-0.2, 0) is 9.59 Å². The van der Waals surface area contributed by atoms with Crippen molar-refractivity contribution in [3.8, 4) is 0 Å². The summed E-state index contributed by atoms with van der Waals surface area (Å²) in [5.41, 5.74) is 1.18. The van der Waals surface area contributed by atoms with Crippen molar-refractivity contribution in [2.24, 2.45) is 0 Å². The predicted octanol–water partition coefficient (Wildman–Crippen LogP) is 0.0370. The van der Waals surface area contributed by atoms with E-state index in [1.807, 2.05) is 0 Å². The third-order valence-corrected chi connectivity index (χ3v) is 3.17. The van der Waals surface area contributed by atoms with Crippen molar-refractivity contribution in [1.29, 1.82) is 0 Å². The van der Waals surface area contributed by atoms with Crippen LogP contribution in [0.4, 0.5) is 0 Å². The molecule has 0 aromatic carbocycles. The molecule has 0 spiro atoms. The fourth-order valence-corrected chi connectivity index (χ4v) is 2.07. The molecule has 1 aliphatic carbocycles. The van der Waals surface area contributed by atoms with Gasteiger partial charge in [0.15, 0.2) is 0 Å². The zero-order chi connectivity index (χ0) is 12.3. The smallest absolute Gasteiger partial charge is 0.243 e. The van der Waals surface area contributed by atoms with E-state index in [9.17, 15) is 9.59 Å². The summed E-state index contributed by atoms with van der Waals surface area (Å²) in [7, 11) is 0. The maximum Gasteiger partial charge on any atom is 0.243 e. The van der Waals surface area contributed by atoms with Crippen molar-refractivity contribution in [1.82, 2.24) is 16.0 Å². The molecule has 17 heavy (non-hydrogen) atoms. The number of carbonyl (C=O) groups excluding carboxylic acids is 2. The van der Waals surface area contributed by atoms with E-state index in [0.29, 0.717) is 12.8 Å². The zero-order valence-corrected chi connectivity index (χ0v) is 10.1. The van der Waals surface area contributed by atoms with Gasteiger partial charge in [0.25, 0.3) is 0 Å². The summed E-state index contributed by atoms with van der Waals surface area (Å²) in [6.45, 7) is 3.08. The molecule has 5 nitrogen and oxygen atoms in total. The van der Waals surface area contributed by atoms with E-state index in [0.717, 1.165) is 19.4 Å². The van der Waals surface area contributed by atoms with Gasteiger partial charge in [-0.1, -0.05) is 13.0 Å². The van der Waals surface area contributed by atoms with Gasteiger partial charge >= 0.3 is 0 Å². The van der Waals surface area contributed by atoms with Crippen LogP contribution < -0.4 is 16.0 Å². The van der Waals surface area contributed by atoms with E-state index in [-0.39, 0.29) is 23.9 Å². The summed E-state index contributed by atoms with van der Waals surface area (Å²) in [6.07, 6.45) is 5.20. The van der Waals surface area contributed by atoms with Gasteiger partial charge in [0, 0.05) is 18.7 Å². The second kappa shape index (κ2) is 5.31. The molecular weight excluding hydrogens is 218 g/mol. The molecule has 1 heterocycles. The normalized spacial score (nSPS) is 28.2. The van der Waals surface area contributed by atoms with Gasteiger partial charge in [-0.15, -0.1) is 0 Å². The van der Waals surface area contributed by atoms with Crippen LogP contribution in [0.1, 0.15) is 32.6 Å². The summed E-state index contributed by atoms with van der Waals surface area (Å²) < 4.78 is 0. The molecule has 94 valence electrons. The molecule has 3 N–H and O–H groups in total. The van der Waals surface area contributed by atoms with Crippen molar-refractivity contribution >= 4 is 11.8 Å². The van der Waals surface area contributed by atoms with E-state index in [1.165, 1.54) is 5.70 Å². The zero-order valence-electron chi connectivity index (χ0n) is 10.1. The number of amides is 2. The first-order valence-corrected chi connectivity index (χ1v) is 6.24. The largest absolute Gasteiger partial charge is 0.387 e. The molecule has 1 aliphatic heterocycles. The van der Waals surface area contributed by atoms with Crippen LogP contribution in [0.2, 0.25) is 0 Å². The topological polar surface area (TPSA) is 70.2 Å². The molecule has 0 unspecified atom stereocenters. The van der Waals surface area contributed by atoms with E-state index >= 15 is 0 Å². The molecule has 2 amide bonds. The van der Waals surface area contributed by atoms with Crippen LogP contribution in [0.3, 0.4) is 0 Å². The van der Waals surface area contributed by atoms with Gasteiger partial charge in [0.05, 0.1) is 12.1 Å². The lowest BCUT2D eigenvalue weighted by atomic mass is 9.95. The van der Waals surface area contributed by atoms with Gasteiger partial charge in [0.2, 0.25) is 11.8 Å². The Hall–Kier alpha value is -1.36. The fraction of sp³-hybridized carbons (Fsp3) is 0.667. The Morgan fingerprint density at radius 1 is 1.41 bits per heavy atom. The summed E-state index contributed by atoms with van der Waals surface area (Å²) in [5.74, 6) is -0.357. The highest BCUT2D eigenvalue weighted by Crippen LogP contribution is 2.18. The van der Waals surface area contributed by atoms with Gasteiger partial charge in [-0.25, -0.2) is 0 Å². The summed E-state index contributed by atoms with van der Waals surface area (Å²) in [6, 6.07) is 0.00956. The van der Waals surface area contributed by atoms with Crippen molar-refractivity contribution < 1.29 is 9.59 Å². The second-order valence-corrected chi connectivity index (χ2v) is 4.54. The molecule has 2 atom stereocenters. The molecule has 5 heteroatoms. The average Bonchev–Trinajstić information content (AvgIpc) is 2.27. The lowest BCUT2D eigenvalue weighted by molar-refractivity contribution is -0.134. The number of piperidine rings is 1. The first-order valence-electron chi connectivity index (χ1n) is 6.24. The molecular formula is C12H19N3O2. The molecule has 1 saturated heterocycles. The fourth-order valence-electron chi connectivity index (χ4n) is 2.07. The minimum atomic E-state index is -0.232. The monoisotopic (exact) mass is 237 g/mol. The third kappa shape index (κ3) is 2.85. The van der Waals surface area contributed by atoms with Crippen LogP contribution >= 0.6 is 0 Å². The molecule has 2 aliphatic rings. The number of nitrogens with one attached hydrogen (secondary N) is 3. The van der Waals surface area contributed by atoms with E-state index < -0.39 is 0 Å². The Bertz CT molecular complexity index is 352. The van der Waals surface area contributed by atoms with Crippen LogP contribution in [0.5, 0.6) is 0 Å². The Kier molecular flexibility index (Phi) is 3.78. The van der Waals surface area contributed by atoms with Crippen molar-refractivity contribution in [2.45, 2.75) is 44.7 Å². The van der Waals surface area contributed by atoms with E-state index in [4.69, 9.17) is 0 Å². The van der Waals surface area contributed by atoms with Crippen molar-refractivity contribution in [2.75, 3.05) is 6.54 Å². The van der Waals surface area contributed by atoms with Gasteiger partial charge in [0.1, 0.15) is 0 Å². The maximum absolute atomic E-state index is 11.6. The SMILES string of the molecule is CCCNC1=CC[C@@H]1N[C@@H]1CCC(=O)NC1=O. The van der Waals surface area contributed by atoms with Gasteiger partial charge in [-0.3, -0.25) is 20.2 Å². The molecule has 0 aromatic heterocycles. The highest BCUT2D eigenvalue weighted by atomic mass is 16.2. The molecule has 0 saturated carbocycles. The highest BCUT2D eigenvalue weighted by molar-refractivity contribution is 6.00. The minimum Gasteiger partial charge on any atom is -0.387 e. The molecule has 0 aromatic rings. The van der Waals surface area contributed by atoms with Crippen LogP contribution in [0.25, 0.3) is 0 Å². The lowest BCUT2D eigenvalue weighted by Crippen LogP contribution is -2.56. The molecule has 0 radical (unpaired) electrons. The molecule has 0 bridgehead atoms. The van der Waals surface area contributed by atoms with Gasteiger partial charge in [-0.05, 0) is 19.3 Å². The maximum atomic E-state index is 11.6. The number of rotatable bonds is 5. The summed E-state index contributed by atoms with van der Waals surface area (Å²) >= 11 is 0. The van der Waals surface area contributed by atoms with Crippen LogP contribution in [-0.4, -0.2) is 30.4 Å². The lowest BCUT2D eigenvalue weighted by Gasteiger charge is -2.33. The van der Waals surface area contributed by atoms with Crippen LogP contribution in [0.15, 0.2) is 11.8 Å². The Morgan fingerprint density at radius 2 is 2.24 bits per heavy atom. The van der Waals surface area contributed by atoms with E-state index in [1.54, 1.807) is 0 Å². The third-order valence-electron chi connectivity index (χ3n) is 3.17. The Morgan fingerprint density at radius 3 is 2.82 bits per heavy atom. The number of carbonyl (C=O) groups is 2. The van der Waals surface area contributed by atoms with Gasteiger partial charge in [-0.2, -0.15) is 0 Å². The predicted molar refractivity (Wildman–Crippen MR) is 64.1 cm³/mol. The Labute approximate surface area is 101 Å². The first-order chi connectivity index (χ1) is 8.20. The molecule has 2 rings (SSSR count). The van der Waals surface area contributed by atoms with E-state index in [2.05, 4.69) is 29.0 Å². The van der Waals surface area contributed by atoms with Crippen molar-refractivity contribution in [3.63, 3.8) is 0 Å². The van der Waals surface area contributed by atoms with Crippen molar-refractivity contribution in [3.05, 3.63) is 11.8 Å². The average molecular weight is 237 g/mol. The summed E-state index contributed by atoms with van der Waals surface area (Å²) in [5, 5.41) is 8.98. The Balaban J connectivity index is 1.80. The van der Waals surface area contributed by atoms with Gasteiger partial charge < -0.3 is 5.32 Å². The van der Waals surface area contributed by atoms with Crippen LogP contribution in [0, 0.1) is 0 Å². The highest BCUT2D eigenvalue weighted by Gasteiger charge is 2.31. The first kappa shape index (κ1) is 12.1. The molecule has 1 fully saturated rings.